The van der Waals surface area contributed by atoms with Crippen LogP contribution >= 0.6 is 0 Å². The fourth-order valence-corrected chi connectivity index (χ4v) is 5.40. The van der Waals surface area contributed by atoms with Gasteiger partial charge in [0, 0.05) is 20.0 Å². The Hall–Kier alpha value is -2.37. The lowest BCUT2D eigenvalue weighted by Crippen LogP contribution is -2.64. The average Bonchev–Trinajstić information content (AvgIpc) is 2.82. The average molecular weight is 441 g/mol. The van der Waals surface area contributed by atoms with Crippen molar-refractivity contribution in [3.05, 3.63) is 65.2 Å². The summed E-state index contributed by atoms with van der Waals surface area (Å²) in [6, 6.07) is 16.1. The Kier molecular flexibility index (Phi) is 8.32. The van der Waals surface area contributed by atoms with Gasteiger partial charge in [-0.2, -0.15) is 0 Å². The van der Waals surface area contributed by atoms with Gasteiger partial charge in [0.25, 0.3) is 0 Å². The molecule has 2 aromatic carbocycles. The molecule has 174 valence electrons. The number of benzene rings is 2. The smallest absolute Gasteiger partial charge is 0.315 e. The molecule has 0 spiro atoms. The third-order valence-electron chi connectivity index (χ3n) is 7.26. The Bertz CT molecular complexity index is 878. The summed E-state index contributed by atoms with van der Waals surface area (Å²) in [7, 11) is 1.79. The van der Waals surface area contributed by atoms with Crippen molar-refractivity contribution >= 4 is 5.97 Å². The van der Waals surface area contributed by atoms with Gasteiger partial charge < -0.3 is 19.1 Å². The van der Waals surface area contributed by atoms with E-state index in [0.717, 1.165) is 36.0 Å². The lowest BCUT2D eigenvalue weighted by molar-refractivity contribution is -0.953. The zero-order valence-corrected chi connectivity index (χ0v) is 19.9. The number of phenols is 1. The SMILES string of the molecule is CCOC(=O)C(Cc1ccccc1)C[N+](CC)(CC)[C@H]1Cc2cc(O)ccc2C[C@@H]1OC. The highest BCUT2D eigenvalue weighted by atomic mass is 16.5. The summed E-state index contributed by atoms with van der Waals surface area (Å²) >= 11 is 0. The van der Waals surface area contributed by atoms with Crippen molar-refractivity contribution in [2.24, 2.45) is 5.92 Å². The number of methoxy groups -OCH3 is 1. The van der Waals surface area contributed by atoms with E-state index >= 15 is 0 Å². The number of nitrogens with zero attached hydrogens (tertiary/aromatic N) is 1. The summed E-state index contributed by atoms with van der Waals surface area (Å²) in [5.74, 6) is -0.0400. The highest BCUT2D eigenvalue weighted by Gasteiger charge is 2.45. The first-order chi connectivity index (χ1) is 15.5. The van der Waals surface area contributed by atoms with Gasteiger partial charge in [0.15, 0.2) is 0 Å². The van der Waals surface area contributed by atoms with Crippen molar-refractivity contribution in [2.45, 2.75) is 52.2 Å². The van der Waals surface area contributed by atoms with Gasteiger partial charge >= 0.3 is 5.97 Å². The van der Waals surface area contributed by atoms with E-state index in [9.17, 15) is 9.90 Å². The lowest BCUT2D eigenvalue weighted by atomic mass is 9.82. The van der Waals surface area contributed by atoms with Crippen LogP contribution in [-0.4, -0.2) is 61.1 Å². The number of ether oxygens (including phenoxy) is 2. The van der Waals surface area contributed by atoms with E-state index in [2.05, 4.69) is 26.0 Å². The first kappa shape index (κ1) is 24.3. The minimum atomic E-state index is -0.222. The number of hydrogen-bond donors (Lipinski definition) is 1. The predicted molar refractivity (Wildman–Crippen MR) is 127 cm³/mol. The summed E-state index contributed by atoms with van der Waals surface area (Å²) in [6.07, 6.45) is 2.37. The molecule has 5 nitrogen and oxygen atoms in total. The summed E-state index contributed by atoms with van der Waals surface area (Å²) in [6.45, 7) is 9.18. The monoisotopic (exact) mass is 440 g/mol. The first-order valence-electron chi connectivity index (χ1n) is 11.9. The Labute approximate surface area is 192 Å². The van der Waals surface area contributed by atoms with E-state index < -0.39 is 0 Å². The van der Waals surface area contributed by atoms with Crippen LogP contribution in [0.5, 0.6) is 5.75 Å². The quantitative estimate of drug-likeness (QED) is 0.445. The fraction of sp³-hybridized carbons (Fsp3) is 0.519. The molecule has 0 amide bonds. The van der Waals surface area contributed by atoms with Crippen LogP contribution in [0.3, 0.4) is 0 Å². The molecule has 0 heterocycles. The normalized spacial score (nSPS) is 19.2. The van der Waals surface area contributed by atoms with Crippen LogP contribution in [0.1, 0.15) is 37.5 Å². The molecule has 0 saturated heterocycles. The molecule has 5 heteroatoms. The summed E-state index contributed by atoms with van der Waals surface area (Å²) in [5, 5.41) is 10.1. The van der Waals surface area contributed by atoms with Crippen LogP contribution in [0.2, 0.25) is 0 Å². The van der Waals surface area contributed by atoms with Crippen molar-refractivity contribution in [2.75, 3.05) is 33.4 Å². The second-order valence-corrected chi connectivity index (χ2v) is 8.88. The van der Waals surface area contributed by atoms with Crippen molar-refractivity contribution < 1.29 is 23.9 Å². The van der Waals surface area contributed by atoms with Crippen molar-refractivity contribution in [3.8, 4) is 5.75 Å². The molecule has 0 saturated carbocycles. The number of phenolic OH excluding ortho intramolecular Hbond substituents is 1. The van der Waals surface area contributed by atoms with Crippen LogP contribution in [-0.2, 0) is 33.5 Å². The van der Waals surface area contributed by atoms with Gasteiger partial charge in [-0.15, -0.1) is 0 Å². The van der Waals surface area contributed by atoms with Crippen molar-refractivity contribution in [1.82, 2.24) is 0 Å². The van der Waals surface area contributed by atoms with Gasteiger partial charge in [-0.1, -0.05) is 36.4 Å². The van der Waals surface area contributed by atoms with Crippen LogP contribution in [0.25, 0.3) is 0 Å². The second kappa shape index (κ2) is 11.0. The highest BCUT2D eigenvalue weighted by molar-refractivity contribution is 5.73. The van der Waals surface area contributed by atoms with Crippen LogP contribution in [0, 0.1) is 5.92 Å². The molecule has 32 heavy (non-hydrogen) atoms. The molecular weight excluding hydrogens is 402 g/mol. The number of hydrogen-bond acceptors (Lipinski definition) is 4. The van der Waals surface area contributed by atoms with Gasteiger partial charge in [-0.3, -0.25) is 4.79 Å². The van der Waals surface area contributed by atoms with Gasteiger partial charge in [-0.25, -0.2) is 0 Å². The van der Waals surface area contributed by atoms with Gasteiger partial charge in [0.05, 0.1) is 26.2 Å². The fourth-order valence-electron chi connectivity index (χ4n) is 5.40. The zero-order chi connectivity index (χ0) is 23.1. The second-order valence-electron chi connectivity index (χ2n) is 8.88. The molecule has 1 unspecified atom stereocenters. The van der Waals surface area contributed by atoms with E-state index in [1.165, 1.54) is 11.1 Å². The van der Waals surface area contributed by atoms with Gasteiger partial charge in [0.2, 0.25) is 0 Å². The molecule has 0 aliphatic heterocycles. The van der Waals surface area contributed by atoms with Crippen molar-refractivity contribution in [1.29, 1.82) is 0 Å². The molecular formula is C27H38NO4+. The number of quaternary nitrogens is 1. The summed E-state index contributed by atoms with van der Waals surface area (Å²) < 4.78 is 12.3. The molecule has 0 bridgehead atoms. The minimum Gasteiger partial charge on any atom is -0.508 e. The Balaban J connectivity index is 1.94. The van der Waals surface area contributed by atoms with Crippen LogP contribution in [0.15, 0.2) is 48.5 Å². The minimum absolute atomic E-state index is 0.0616. The van der Waals surface area contributed by atoms with E-state index in [-0.39, 0.29) is 24.0 Å². The lowest BCUT2D eigenvalue weighted by Gasteiger charge is -2.49. The first-order valence-corrected chi connectivity index (χ1v) is 11.9. The molecule has 1 aliphatic rings. The number of rotatable bonds is 10. The van der Waals surface area contributed by atoms with E-state index in [0.29, 0.717) is 25.3 Å². The Morgan fingerprint density at radius 1 is 1.06 bits per heavy atom. The third-order valence-corrected chi connectivity index (χ3v) is 7.26. The van der Waals surface area contributed by atoms with E-state index in [1.54, 1.807) is 13.2 Å². The van der Waals surface area contributed by atoms with Crippen LogP contribution < -0.4 is 0 Å². The number of aromatic hydroxyl groups is 1. The Morgan fingerprint density at radius 3 is 2.41 bits per heavy atom. The summed E-state index contributed by atoms with van der Waals surface area (Å²) in [5.41, 5.74) is 3.57. The van der Waals surface area contributed by atoms with E-state index in [1.807, 2.05) is 37.3 Å². The van der Waals surface area contributed by atoms with Gasteiger partial charge in [-0.05, 0) is 56.0 Å². The molecule has 0 aromatic heterocycles. The number of carbonyl (C=O) groups is 1. The van der Waals surface area contributed by atoms with Crippen LogP contribution in [0.4, 0.5) is 0 Å². The molecule has 3 atom stereocenters. The maximum atomic E-state index is 13.0. The molecule has 0 radical (unpaired) electrons. The van der Waals surface area contributed by atoms with E-state index in [4.69, 9.17) is 9.47 Å². The number of likely N-dealkylation sites (N-methyl/N-ethyl adjacent to an activating group) is 1. The molecule has 3 rings (SSSR count). The molecule has 1 aliphatic carbocycles. The number of esters is 1. The van der Waals surface area contributed by atoms with Crippen molar-refractivity contribution in [3.63, 3.8) is 0 Å². The van der Waals surface area contributed by atoms with Gasteiger partial charge in [0.1, 0.15) is 23.8 Å². The number of fused-ring (bicyclic) bond motifs is 1. The summed E-state index contributed by atoms with van der Waals surface area (Å²) in [4.78, 5) is 13.0. The molecule has 1 N–H and O–H groups in total. The molecule has 0 fully saturated rings. The topological polar surface area (TPSA) is 55.8 Å². The predicted octanol–water partition coefficient (Wildman–Crippen LogP) is 4.15. The third kappa shape index (κ3) is 5.33. The maximum Gasteiger partial charge on any atom is 0.315 e. The number of carbonyl (C=O) groups excluding carboxylic acids is 1. The Morgan fingerprint density at radius 2 is 1.78 bits per heavy atom. The maximum absolute atomic E-state index is 13.0. The molecule has 2 aromatic rings. The zero-order valence-electron chi connectivity index (χ0n) is 19.9. The highest BCUT2D eigenvalue weighted by Crippen LogP contribution is 2.34. The standard InChI is InChI=1S/C27H37NO4/c1-5-28(6-2,19-23(27(30)32-7-3)15-20-11-9-8-10-12-20)25-17-22-16-24(29)14-13-21(22)18-26(25)31-4/h8-14,16,23,25-26H,5-7,15,17-19H2,1-4H3/p+1/t23?,25-,26-/m0/s1. The largest absolute Gasteiger partial charge is 0.508 e.